The van der Waals surface area contributed by atoms with E-state index >= 15 is 0 Å². The summed E-state index contributed by atoms with van der Waals surface area (Å²) in [5.74, 6) is 0. The Kier molecular flexibility index (Phi) is 4.96. The normalized spacial score (nSPS) is 20.2. The van der Waals surface area contributed by atoms with Crippen molar-refractivity contribution in [2.75, 3.05) is 6.61 Å². The summed E-state index contributed by atoms with van der Waals surface area (Å²) in [5, 5.41) is 22.1. The van der Waals surface area contributed by atoms with Crippen LogP contribution < -0.4 is 5.73 Å². The summed E-state index contributed by atoms with van der Waals surface area (Å²) >= 11 is 1.49. The first-order valence-electron chi connectivity index (χ1n) is 6.57. The van der Waals surface area contributed by atoms with Crippen LogP contribution >= 0.6 is 11.8 Å². The van der Waals surface area contributed by atoms with Crippen LogP contribution in [0, 0.1) is 0 Å². The molecule has 1 heterocycles. The van der Waals surface area contributed by atoms with E-state index in [2.05, 4.69) is 15.5 Å². The third-order valence-electron chi connectivity index (χ3n) is 3.52. The first-order valence-corrected chi connectivity index (χ1v) is 7.45. The summed E-state index contributed by atoms with van der Waals surface area (Å²) in [6, 6.07) is 0.383. The summed E-state index contributed by atoms with van der Waals surface area (Å²) < 4.78 is 1.91. The van der Waals surface area contributed by atoms with Gasteiger partial charge in [-0.25, -0.2) is 4.68 Å². The monoisotopic (exact) mass is 271 g/mol. The highest BCUT2D eigenvalue weighted by molar-refractivity contribution is 7.99. The molecule has 1 aromatic heterocycles. The van der Waals surface area contributed by atoms with Gasteiger partial charge in [0.05, 0.1) is 17.9 Å². The number of rotatable bonds is 6. The summed E-state index contributed by atoms with van der Waals surface area (Å²) in [6.45, 7) is 2.07. The quantitative estimate of drug-likeness (QED) is 0.750. The van der Waals surface area contributed by atoms with Crippen molar-refractivity contribution in [3.05, 3.63) is 0 Å². The van der Waals surface area contributed by atoms with Crippen molar-refractivity contribution in [3.8, 4) is 0 Å². The van der Waals surface area contributed by atoms with Crippen molar-refractivity contribution >= 4 is 11.8 Å². The van der Waals surface area contributed by atoms with E-state index in [1.54, 1.807) is 0 Å². The number of tetrazole rings is 1. The number of aromatic nitrogens is 4. The second-order valence-electron chi connectivity index (χ2n) is 4.76. The molecule has 1 aliphatic rings. The minimum absolute atomic E-state index is 0.0336. The van der Waals surface area contributed by atoms with Crippen molar-refractivity contribution in [1.29, 1.82) is 0 Å². The van der Waals surface area contributed by atoms with E-state index in [1.807, 2.05) is 11.6 Å². The van der Waals surface area contributed by atoms with Crippen LogP contribution in [-0.2, 0) is 0 Å². The molecule has 0 spiro atoms. The Labute approximate surface area is 111 Å². The van der Waals surface area contributed by atoms with Gasteiger partial charge in [-0.2, -0.15) is 0 Å². The second kappa shape index (κ2) is 6.49. The Bertz CT molecular complexity index is 366. The number of aliphatic hydroxyl groups excluding tert-OH is 1. The molecule has 0 saturated heterocycles. The van der Waals surface area contributed by atoms with Crippen molar-refractivity contribution < 1.29 is 5.11 Å². The van der Waals surface area contributed by atoms with Crippen molar-refractivity contribution in [3.63, 3.8) is 0 Å². The Morgan fingerprint density at radius 1 is 1.50 bits per heavy atom. The van der Waals surface area contributed by atoms with Gasteiger partial charge in [0.15, 0.2) is 0 Å². The van der Waals surface area contributed by atoms with E-state index < -0.39 is 0 Å². The van der Waals surface area contributed by atoms with Crippen LogP contribution in [0.1, 0.15) is 45.1 Å². The molecule has 1 fully saturated rings. The summed E-state index contributed by atoms with van der Waals surface area (Å²) in [7, 11) is 0. The maximum atomic E-state index is 9.40. The largest absolute Gasteiger partial charge is 0.395 e. The standard InChI is InChI=1S/C11H21N5OS/c1-2-9(12)10(7-17)18-11-13-14-15-16(11)8-5-3-4-6-8/h8-10,17H,2-7,12H2,1H3. The Morgan fingerprint density at radius 3 is 2.83 bits per heavy atom. The minimum atomic E-state index is -0.0406. The maximum Gasteiger partial charge on any atom is 0.209 e. The number of thioether (sulfide) groups is 1. The lowest BCUT2D eigenvalue weighted by Crippen LogP contribution is -2.34. The highest BCUT2D eigenvalue weighted by Crippen LogP contribution is 2.32. The van der Waals surface area contributed by atoms with Gasteiger partial charge in [-0.1, -0.05) is 31.5 Å². The first-order chi connectivity index (χ1) is 8.76. The molecular weight excluding hydrogens is 250 g/mol. The second-order valence-corrected chi connectivity index (χ2v) is 5.96. The molecule has 2 unspecified atom stereocenters. The van der Waals surface area contributed by atoms with Crippen molar-refractivity contribution in [2.24, 2.45) is 5.73 Å². The minimum Gasteiger partial charge on any atom is -0.395 e. The first kappa shape index (κ1) is 13.8. The van der Waals surface area contributed by atoms with E-state index in [9.17, 15) is 5.11 Å². The number of hydrogen-bond acceptors (Lipinski definition) is 6. The number of hydrogen-bond donors (Lipinski definition) is 2. The third-order valence-corrected chi connectivity index (χ3v) is 4.80. The number of nitrogens with two attached hydrogens (primary N) is 1. The molecule has 0 aliphatic heterocycles. The SMILES string of the molecule is CCC(N)C(CO)Sc1nnnn1C1CCCC1. The smallest absolute Gasteiger partial charge is 0.209 e. The molecule has 6 nitrogen and oxygen atoms in total. The van der Waals surface area contributed by atoms with E-state index in [1.165, 1.54) is 24.6 Å². The molecule has 1 saturated carbocycles. The van der Waals surface area contributed by atoms with Crippen molar-refractivity contribution in [1.82, 2.24) is 20.2 Å². The van der Waals surface area contributed by atoms with Crippen LogP contribution in [0.2, 0.25) is 0 Å². The van der Waals surface area contributed by atoms with Gasteiger partial charge in [0, 0.05) is 6.04 Å². The summed E-state index contributed by atoms with van der Waals surface area (Å²) in [4.78, 5) is 0. The van der Waals surface area contributed by atoms with Crippen LogP contribution in [0.3, 0.4) is 0 Å². The van der Waals surface area contributed by atoms with Gasteiger partial charge >= 0.3 is 0 Å². The van der Waals surface area contributed by atoms with E-state index in [0.717, 1.165) is 24.4 Å². The Balaban J connectivity index is 2.06. The molecule has 1 aliphatic carbocycles. The van der Waals surface area contributed by atoms with Gasteiger partial charge in [-0.05, 0) is 29.7 Å². The Hall–Kier alpha value is -0.660. The molecule has 18 heavy (non-hydrogen) atoms. The van der Waals surface area contributed by atoms with E-state index in [0.29, 0.717) is 6.04 Å². The molecule has 2 atom stereocenters. The molecule has 2 rings (SSSR count). The molecule has 7 heteroatoms. The summed E-state index contributed by atoms with van der Waals surface area (Å²) in [6.07, 6.45) is 5.60. The van der Waals surface area contributed by atoms with Gasteiger partial charge < -0.3 is 10.8 Å². The average molecular weight is 271 g/mol. The van der Waals surface area contributed by atoms with Crippen LogP contribution in [-0.4, -0.2) is 43.2 Å². The van der Waals surface area contributed by atoms with Gasteiger partial charge in [-0.3, -0.25) is 0 Å². The van der Waals surface area contributed by atoms with Crippen LogP contribution in [0.15, 0.2) is 5.16 Å². The molecule has 0 bridgehead atoms. The topological polar surface area (TPSA) is 89.8 Å². The fraction of sp³-hybridized carbons (Fsp3) is 0.909. The van der Waals surface area contributed by atoms with Crippen LogP contribution in [0.5, 0.6) is 0 Å². The Morgan fingerprint density at radius 2 is 2.22 bits per heavy atom. The molecule has 0 amide bonds. The predicted octanol–water partition coefficient (Wildman–Crippen LogP) is 0.978. The zero-order valence-electron chi connectivity index (χ0n) is 10.7. The molecule has 0 radical (unpaired) electrons. The van der Waals surface area contributed by atoms with Gasteiger partial charge in [0.1, 0.15) is 0 Å². The molecule has 102 valence electrons. The fourth-order valence-corrected chi connectivity index (χ4v) is 3.39. The van der Waals surface area contributed by atoms with Crippen LogP contribution in [0.25, 0.3) is 0 Å². The molecular formula is C11H21N5OS. The van der Waals surface area contributed by atoms with E-state index in [-0.39, 0.29) is 17.9 Å². The predicted molar refractivity (Wildman–Crippen MR) is 70.3 cm³/mol. The van der Waals surface area contributed by atoms with Crippen molar-refractivity contribution in [2.45, 2.75) is 61.5 Å². The number of nitrogens with zero attached hydrogens (tertiary/aromatic N) is 4. The summed E-state index contributed by atoms with van der Waals surface area (Å²) in [5.41, 5.74) is 5.99. The lowest BCUT2D eigenvalue weighted by atomic mass is 10.2. The van der Waals surface area contributed by atoms with Crippen LogP contribution in [0.4, 0.5) is 0 Å². The molecule has 0 aromatic carbocycles. The molecule has 1 aromatic rings. The van der Waals surface area contributed by atoms with Gasteiger partial charge in [-0.15, -0.1) is 5.10 Å². The van der Waals surface area contributed by atoms with Gasteiger partial charge in [0.25, 0.3) is 0 Å². The zero-order valence-corrected chi connectivity index (χ0v) is 11.5. The lowest BCUT2D eigenvalue weighted by molar-refractivity contribution is 0.280. The number of aliphatic hydroxyl groups is 1. The molecule has 3 N–H and O–H groups in total. The fourth-order valence-electron chi connectivity index (χ4n) is 2.30. The average Bonchev–Trinajstić information content (AvgIpc) is 3.05. The third kappa shape index (κ3) is 3.02. The van der Waals surface area contributed by atoms with Gasteiger partial charge in [0.2, 0.25) is 5.16 Å². The maximum absolute atomic E-state index is 9.40. The van der Waals surface area contributed by atoms with E-state index in [4.69, 9.17) is 5.73 Å². The lowest BCUT2D eigenvalue weighted by Gasteiger charge is -2.20. The highest BCUT2D eigenvalue weighted by Gasteiger charge is 2.25. The highest BCUT2D eigenvalue weighted by atomic mass is 32.2. The zero-order chi connectivity index (χ0) is 13.0.